The Bertz CT molecular complexity index is 1290. The number of halogens is 5. The van der Waals surface area contributed by atoms with Gasteiger partial charge in [-0.05, 0) is 48.4 Å². The normalized spacial score (nSPS) is 12.1. The van der Waals surface area contributed by atoms with Crippen molar-refractivity contribution in [2.75, 3.05) is 5.32 Å². The molecule has 0 aliphatic carbocycles. The number of carboxylic acid groups (broad SMARTS) is 1. The summed E-state index contributed by atoms with van der Waals surface area (Å²) < 4.78 is 53.7. The predicted octanol–water partition coefficient (Wildman–Crippen LogP) is 5.48. The van der Waals surface area contributed by atoms with Crippen LogP contribution in [0, 0.1) is 12.7 Å². The van der Waals surface area contributed by atoms with Crippen molar-refractivity contribution in [2.45, 2.75) is 25.6 Å². The molecule has 3 N–H and O–H groups in total. The number of aryl methyl sites for hydroxylation is 1. The van der Waals surface area contributed by atoms with E-state index in [0.29, 0.717) is 34.5 Å². The highest BCUT2D eigenvalue weighted by Gasteiger charge is 2.37. The second-order valence-electron chi connectivity index (χ2n) is 7.81. The minimum absolute atomic E-state index is 0.271. The molecule has 3 aromatic rings. The van der Waals surface area contributed by atoms with Gasteiger partial charge in [0.05, 0.1) is 21.7 Å². The summed E-state index contributed by atoms with van der Waals surface area (Å²) in [5.41, 5.74) is -1.08. The van der Waals surface area contributed by atoms with Crippen LogP contribution in [-0.2, 0) is 17.4 Å². The topological polar surface area (TPSA) is 95.5 Å². The summed E-state index contributed by atoms with van der Waals surface area (Å²) in [5.74, 6) is -4.92. The van der Waals surface area contributed by atoms with Gasteiger partial charge in [-0.2, -0.15) is 13.2 Å². The number of hydrogen-bond acceptors (Lipinski definition) is 3. The van der Waals surface area contributed by atoms with Crippen LogP contribution in [0.5, 0.6) is 0 Å². The molecule has 0 saturated heterocycles. The molecule has 0 aromatic heterocycles. The van der Waals surface area contributed by atoms with E-state index in [1.807, 2.05) is 5.32 Å². The van der Waals surface area contributed by atoms with Gasteiger partial charge < -0.3 is 15.7 Å². The van der Waals surface area contributed by atoms with Gasteiger partial charge in [0.1, 0.15) is 11.9 Å². The third kappa shape index (κ3) is 6.19. The molecule has 36 heavy (non-hydrogen) atoms. The van der Waals surface area contributed by atoms with Gasteiger partial charge in [-0.25, -0.2) is 9.18 Å². The third-order valence-corrected chi connectivity index (χ3v) is 5.57. The van der Waals surface area contributed by atoms with Crippen molar-refractivity contribution in [3.8, 4) is 0 Å². The number of carbonyl (C=O) groups is 3. The zero-order valence-corrected chi connectivity index (χ0v) is 19.4. The molecule has 11 heteroatoms. The van der Waals surface area contributed by atoms with Crippen LogP contribution in [0.3, 0.4) is 0 Å². The first-order valence-corrected chi connectivity index (χ1v) is 10.8. The molecule has 188 valence electrons. The summed E-state index contributed by atoms with van der Waals surface area (Å²) in [6.07, 6.45) is -5.33. The van der Waals surface area contributed by atoms with E-state index in [9.17, 15) is 37.1 Å². The SMILES string of the molecule is Cc1cccc(Cl)c1C(=O)Nc1ccc(CC(NC(=O)c2c(F)cccc2C(F)(F)F)C(=O)O)cc1. The molecule has 0 fully saturated rings. The van der Waals surface area contributed by atoms with E-state index in [1.54, 1.807) is 25.1 Å². The molecule has 0 saturated carbocycles. The van der Waals surface area contributed by atoms with Crippen LogP contribution in [0.25, 0.3) is 0 Å². The second kappa shape index (κ2) is 10.8. The molecule has 0 radical (unpaired) electrons. The van der Waals surface area contributed by atoms with Crippen LogP contribution in [0.2, 0.25) is 5.02 Å². The average molecular weight is 523 g/mol. The number of anilines is 1. The van der Waals surface area contributed by atoms with Crippen LogP contribution < -0.4 is 10.6 Å². The van der Waals surface area contributed by atoms with E-state index < -0.39 is 46.9 Å². The van der Waals surface area contributed by atoms with Gasteiger partial charge in [-0.3, -0.25) is 9.59 Å². The van der Waals surface area contributed by atoms with Gasteiger partial charge in [0, 0.05) is 12.1 Å². The number of hydrogen-bond donors (Lipinski definition) is 3. The van der Waals surface area contributed by atoms with Gasteiger partial charge in [0.25, 0.3) is 11.8 Å². The molecule has 1 unspecified atom stereocenters. The van der Waals surface area contributed by atoms with E-state index in [1.165, 1.54) is 24.3 Å². The van der Waals surface area contributed by atoms with E-state index in [0.717, 1.165) is 6.07 Å². The highest BCUT2D eigenvalue weighted by Crippen LogP contribution is 2.33. The molecule has 3 rings (SSSR count). The smallest absolute Gasteiger partial charge is 0.417 e. The maximum absolute atomic E-state index is 14.1. The Labute approximate surface area is 207 Å². The Morgan fingerprint density at radius 2 is 1.58 bits per heavy atom. The molecular formula is C25H19ClF4N2O4. The minimum atomic E-state index is -5.02. The zero-order chi connectivity index (χ0) is 26.6. The molecule has 1 atom stereocenters. The second-order valence-corrected chi connectivity index (χ2v) is 8.22. The molecule has 0 heterocycles. The number of alkyl halides is 3. The summed E-state index contributed by atoms with van der Waals surface area (Å²) in [7, 11) is 0. The average Bonchev–Trinajstić information content (AvgIpc) is 2.78. The van der Waals surface area contributed by atoms with E-state index in [4.69, 9.17) is 11.6 Å². The van der Waals surface area contributed by atoms with Crippen molar-refractivity contribution >= 4 is 35.1 Å². The Morgan fingerprint density at radius 1 is 0.944 bits per heavy atom. The Balaban J connectivity index is 1.74. The first kappa shape index (κ1) is 26.7. The van der Waals surface area contributed by atoms with Gasteiger partial charge in [-0.15, -0.1) is 0 Å². The van der Waals surface area contributed by atoms with E-state index in [-0.39, 0.29) is 11.4 Å². The summed E-state index contributed by atoms with van der Waals surface area (Å²) in [6.45, 7) is 1.73. The van der Waals surface area contributed by atoms with Crippen molar-refractivity contribution in [3.05, 3.63) is 99.3 Å². The largest absolute Gasteiger partial charge is 0.480 e. The van der Waals surface area contributed by atoms with Gasteiger partial charge in [0.15, 0.2) is 0 Å². The lowest BCUT2D eigenvalue weighted by atomic mass is 10.0. The van der Waals surface area contributed by atoms with E-state index in [2.05, 4.69) is 5.32 Å². The standard InChI is InChI=1S/C25H19ClF4N2O4/c1-13-4-2-6-17(26)20(13)22(33)31-15-10-8-14(9-11-15)12-19(24(35)36)32-23(34)21-16(25(28,29)30)5-3-7-18(21)27/h2-11,19H,12H2,1H3,(H,31,33)(H,32,34)(H,35,36). The third-order valence-electron chi connectivity index (χ3n) is 5.25. The van der Waals surface area contributed by atoms with Crippen molar-refractivity contribution < 1.29 is 37.1 Å². The lowest BCUT2D eigenvalue weighted by Crippen LogP contribution is -2.43. The molecular weight excluding hydrogens is 504 g/mol. The predicted molar refractivity (Wildman–Crippen MR) is 125 cm³/mol. The molecule has 0 bridgehead atoms. The van der Waals surface area contributed by atoms with Crippen LogP contribution in [0.15, 0.2) is 60.7 Å². The van der Waals surface area contributed by atoms with Gasteiger partial charge in [0.2, 0.25) is 0 Å². The minimum Gasteiger partial charge on any atom is -0.480 e. The van der Waals surface area contributed by atoms with Crippen LogP contribution in [0.4, 0.5) is 23.2 Å². The maximum Gasteiger partial charge on any atom is 0.417 e. The molecule has 0 spiro atoms. The fourth-order valence-electron chi connectivity index (χ4n) is 3.49. The fourth-order valence-corrected chi connectivity index (χ4v) is 3.80. The van der Waals surface area contributed by atoms with Crippen molar-refractivity contribution in [2.24, 2.45) is 0 Å². The van der Waals surface area contributed by atoms with E-state index >= 15 is 0 Å². The monoisotopic (exact) mass is 522 g/mol. The Morgan fingerprint density at radius 3 is 2.17 bits per heavy atom. The number of rotatable bonds is 7. The zero-order valence-electron chi connectivity index (χ0n) is 18.6. The van der Waals surface area contributed by atoms with Crippen molar-refractivity contribution in [3.63, 3.8) is 0 Å². The summed E-state index contributed by atoms with van der Waals surface area (Å²) in [6, 6.07) is 11.3. The first-order chi connectivity index (χ1) is 16.9. The van der Waals surface area contributed by atoms with Crippen LogP contribution >= 0.6 is 11.6 Å². The number of carboxylic acids is 1. The van der Waals surface area contributed by atoms with Crippen LogP contribution in [-0.4, -0.2) is 28.9 Å². The number of nitrogens with one attached hydrogen (secondary N) is 2. The van der Waals surface area contributed by atoms with Crippen LogP contribution in [0.1, 0.15) is 37.4 Å². The molecule has 2 amide bonds. The molecule has 0 aliphatic heterocycles. The highest BCUT2D eigenvalue weighted by atomic mass is 35.5. The van der Waals surface area contributed by atoms with Crippen molar-refractivity contribution in [1.29, 1.82) is 0 Å². The molecule has 6 nitrogen and oxygen atoms in total. The summed E-state index contributed by atoms with van der Waals surface area (Å²) in [5, 5.41) is 14.4. The Hall–Kier alpha value is -3.92. The van der Waals surface area contributed by atoms with Crippen molar-refractivity contribution in [1.82, 2.24) is 5.32 Å². The number of amides is 2. The Kier molecular flexibility index (Phi) is 7.99. The maximum atomic E-state index is 14.1. The fraction of sp³-hybridized carbons (Fsp3) is 0.160. The number of benzene rings is 3. The lowest BCUT2D eigenvalue weighted by Gasteiger charge is -2.18. The number of carbonyl (C=O) groups excluding carboxylic acids is 2. The molecule has 3 aromatic carbocycles. The highest BCUT2D eigenvalue weighted by molar-refractivity contribution is 6.34. The molecule has 0 aliphatic rings. The summed E-state index contributed by atoms with van der Waals surface area (Å²) >= 11 is 6.10. The quantitative estimate of drug-likeness (QED) is 0.358. The van der Waals surface area contributed by atoms with Gasteiger partial charge >= 0.3 is 12.1 Å². The number of aliphatic carboxylic acids is 1. The lowest BCUT2D eigenvalue weighted by molar-refractivity contribution is -0.139. The summed E-state index contributed by atoms with van der Waals surface area (Å²) in [4.78, 5) is 36.7. The first-order valence-electron chi connectivity index (χ1n) is 10.4. The van der Waals surface area contributed by atoms with Gasteiger partial charge in [-0.1, -0.05) is 41.9 Å².